The summed E-state index contributed by atoms with van der Waals surface area (Å²) in [5.41, 5.74) is 1.21. The maximum Gasteiger partial charge on any atom is 0.332 e. The fraction of sp³-hybridized carbons (Fsp3) is 0.190. The van der Waals surface area contributed by atoms with Gasteiger partial charge >= 0.3 is 5.69 Å². The third kappa shape index (κ3) is 3.59. The smallest absolute Gasteiger partial charge is 0.332 e. The van der Waals surface area contributed by atoms with Crippen molar-refractivity contribution in [3.05, 3.63) is 75.2 Å². The van der Waals surface area contributed by atoms with E-state index in [1.54, 1.807) is 26.6 Å². The number of methoxy groups -OCH3 is 1. The summed E-state index contributed by atoms with van der Waals surface area (Å²) in [6.07, 6.45) is 3.48. The number of pyridine rings is 1. The minimum absolute atomic E-state index is 0.303. The van der Waals surface area contributed by atoms with E-state index in [0.29, 0.717) is 33.4 Å². The Morgan fingerprint density at radius 2 is 1.80 bits per heavy atom. The van der Waals surface area contributed by atoms with E-state index in [1.807, 2.05) is 36.4 Å². The van der Waals surface area contributed by atoms with Gasteiger partial charge in [-0.15, -0.1) is 11.8 Å². The van der Waals surface area contributed by atoms with Crippen LogP contribution in [0.25, 0.3) is 22.4 Å². The molecule has 3 aromatic heterocycles. The largest absolute Gasteiger partial charge is 0.497 e. The number of fused-ring (bicyclic) bond motifs is 1. The lowest BCUT2D eigenvalue weighted by Crippen LogP contribution is -2.37. The van der Waals surface area contributed by atoms with E-state index in [0.717, 1.165) is 15.7 Å². The maximum absolute atomic E-state index is 12.9. The number of hydrogen-bond donors (Lipinski definition) is 0. The third-order valence-corrected chi connectivity index (χ3v) is 5.76. The SMILES string of the molecule is COc1ccc(-c2nc(SCc3cccnc3)c3c(=O)n(C)c(=O)n(C)c3n2)cc1. The fourth-order valence-electron chi connectivity index (χ4n) is 3.04. The molecule has 1 aromatic carbocycles. The van der Waals surface area contributed by atoms with Gasteiger partial charge in [0.05, 0.1) is 7.11 Å². The average molecular weight is 421 g/mol. The van der Waals surface area contributed by atoms with Gasteiger partial charge in [-0.05, 0) is 35.9 Å². The number of thioether (sulfide) groups is 1. The van der Waals surface area contributed by atoms with Crippen LogP contribution in [-0.4, -0.2) is 31.2 Å². The van der Waals surface area contributed by atoms with Crippen LogP contribution in [0.1, 0.15) is 5.56 Å². The summed E-state index contributed by atoms with van der Waals surface area (Å²) in [6.45, 7) is 0. The highest BCUT2D eigenvalue weighted by Crippen LogP contribution is 2.28. The predicted octanol–water partition coefficient (Wildman–Crippen LogP) is 2.39. The zero-order valence-corrected chi connectivity index (χ0v) is 17.5. The number of nitrogens with zero attached hydrogens (tertiary/aromatic N) is 5. The van der Waals surface area contributed by atoms with Gasteiger partial charge in [0.15, 0.2) is 11.5 Å². The van der Waals surface area contributed by atoms with E-state index in [9.17, 15) is 9.59 Å². The molecule has 4 rings (SSSR count). The Morgan fingerprint density at radius 3 is 2.47 bits per heavy atom. The number of hydrogen-bond acceptors (Lipinski definition) is 7. The van der Waals surface area contributed by atoms with Crippen molar-refractivity contribution in [3.63, 3.8) is 0 Å². The van der Waals surface area contributed by atoms with Gasteiger partial charge in [0.1, 0.15) is 16.2 Å². The molecular formula is C21H19N5O3S. The molecule has 4 aromatic rings. The lowest BCUT2D eigenvalue weighted by Gasteiger charge is -2.12. The van der Waals surface area contributed by atoms with Crippen molar-refractivity contribution in [3.8, 4) is 17.1 Å². The molecule has 0 aliphatic rings. The van der Waals surface area contributed by atoms with Crippen LogP contribution < -0.4 is 16.0 Å². The van der Waals surface area contributed by atoms with Crippen LogP contribution in [0.5, 0.6) is 5.75 Å². The normalized spacial score (nSPS) is 11.0. The Hall–Kier alpha value is -3.46. The van der Waals surface area contributed by atoms with Crippen LogP contribution >= 0.6 is 11.8 Å². The van der Waals surface area contributed by atoms with Crippen molar-refractivity contribution < 1.29 is 4.74 Å². The standard InChI is InChI=1S/C21H19N5O3S/c1-25-18-16(20(27)26(2)21(25)28)19(30-12-13-5-4-10-22-11-13)24-17(23-18)14-6-8-15(29-3)9-7-14/h4-11H,12H2,1-3H3. The zero-order valence-electron chi connectivity index (χ0n) is 16.7. The van der Waals surface area contributed by atoms with E-state index < -0.39 is 11.2 Å². The van der Waals surface area contributed by atoms with Gasteiger partial charge < -0.3 is 4.74 Å². The number of aromatic nitrogens is 5. The second-order valence-electron chi connectivity index (χ2n) is 6.64. The molecule has 0 radical (unpaired) electrons. The number of ether oxygens (including phenoxy) is 1. The van der Waals surface area contributed by atoms with Gasteiger partial charge in [-0.1, -0.05) is 6.07 Å². The van der Waals surface area contributed by atoms with Crippen molar-refractivity contribution in [1.29, 1.82) is 0 Å². The molecule has 3 heterocycles. The van der Waals surface area contributed by atoms with Crippen molar-refractivity contribution in [2.75, 3.05) is 7.11 Å². The fourth-order valence-corrected chi connectivity index (χ4v) is 3.99. The predicted molar refractivity (Wildman–Crippen MR) is 116 cm³/mol. The Bertz CT molecular complexity index is 1330. The summed E-state index contributed by atoms with van der Waals surface area (Å²) in [5, 5.41) is 0.844. The second-order valence-corrected chi connectivity index (χ2v) is 7.60. The molecule has 9 heteroatoms. The zero-order chi connectivity index (χ0) is 21.3. The Labute approximate surface area is 176 Å². The van der Waals surface area contributed by atoms with Crippen molar-refractivity contribution >= 4 is 22.8 Å². The first-order valence-corrected chi connectivity index (χ1v) is 10.1. The Balaban J connectivity index is 1.91. The minimum atomic E-state index is -0.435. The van der Waals surface area contributed by atoms with Crippen LogP contribution in [0.2, 0.25) is 0 Å². The lowest BCUT2D eigenvalue weighted by atomic mass is 10.2. The summed E-state index contributed by atoms with van der Waals surface area (Å²) >= 11 is 1.41. The molecule has 0 aliphatic heterocycles. The first-order chi connectivity index (χ1) is 14.5. The van der Waals surface area contributed by atoms with Crippen LogP contribution in [0.15, 0.2) is 63.4 Å². The number of benzene rings is 1. The van der Waals surface area contributed by atoms with Crippen molar-refractivity contribution in [2.24, 2.45) is 14.1 Å². The molecule has 0 saturated heterocycles. The minimum Gasteiger partial charge on any atom is -0.497 e. The molecule has 0 saturated carbocycles. The monoisotopic (exact) mass is 421 g/mol. The van der Waals surface area contributed by atoms with Gasteiger partial charge in [-0.25, -0.2) is 14.8 Å². The summed E-state index contributed by atoms with van der Waals surface area (Å²) < 4.78 is 7.66. The molecule has 0 amide bonds. The molecule has 0 aliphatic carbocycles. The Kier molecular flexibility index (Phi) is 5.37. The highest BCUT2D eigenvalue weighted by atomic mass is 32.2. The topological polar surface area (TPSA) is 91.9 Å². The highest BCUT2D eigenvalue weighted by molar-refractivity contribution is 7.98. The van der Waals surface area contributed by atoms with Crippen LogP contribution in [-0.2, 0) is 19.8 Å². The summed E-state index contributed by atoms with van der Waals surface area (Å²) in [4.78, 5) is 38.7. The lowest BCUT2D eigenvalue weighted by molar-refractivity contribution is 0.415. The van der Waals surface area contributed by atoms with Crippen LogP contribution in [0.3, 0.4) is 0 Å². The van der Waals surface area contributed by atoms with Gasteiger partial charge in [-0.3, -0.25) is 18.9 Å². The van der Waals surface area contributed by atoms with Gasteiger partial charge in [0.25, 0.3) is 5.56 Å². The molecule has 8 nitrogen and oxygen atoms in total. The van der Waals surface area contributed by atoms with Gasteiger partial charge in [-0.2, -0.15) is 0 Å². The first kappa shape index (κ1) is 19.8. The molecule has 0 N–H and O–H groups in total. The number of rotatable bonds is 5. The molecule has 152 valence electrons. The summed E-state index contributed by atoms with van der Waals surface area (Å²) in [6, 6.07) is 11.1. The third-order valence-electron chi connectivity index (χ3n) is 4.71. The molecule has 0 bridgehead atoms. The number of aryl methyl sites for hydroxylation is 1. The van der Waals surface area contributed by atoms with Crippen molar-refractivity contribution in [1.82, 2.24) is 24.1 Å². The second kappa shape index (κ2) is 8.11. The van der Waals surface area contributed by atoms with E-state index in [2.05, 4.69) is 15.0 Å². The summed E-state index contributed by atoms with van der Waals surface area (Å²) in [5.74, 6) is 1.72. The van der Waals surface area contributed by atoms with Gasteiger partial charge in [0.2, 0.25) is 0 Å². The van der Waals surface area contributed by atoms with E-state index in [4.69, 9.17) is 4.74 Å². The average Bonchev–Trinajstić information content (AvgIpc) is 2.80. The quantitative estimate of drug-likeness (QED) is 0.361. The van der Waals surface area contributed by atoms with Gasteiger partial charge in [0, 0.05) is 37.8 Å². The highest BCUT2D eigenvalue weighted by Gasteiger charge is 2.18. The molecule has 0 unspecified atom stereocenters. The van der Waals surface area contributed by atoms with Crippen LogP contribution in [0.4, 0.5) is 0 Å². The molecule has 0 atom stereocenters. The molecule has 0 spiro atoms. The van der Waals surface area contributed by atoms with E-state index in [1.165, 1.54) is 23.4 Å². The van der Waals surface area contributed by atoms with Crippen molar-refractivity contribution in [2.45, 2.75) is 10.8 Å². The first-order valence-electron chi connectivity index (χ1n) is 9.13. The molecule has 0 fully saturated rings. The maximum atomic E-state index is 12.9. The molecule has 30 heavy (non-hydrogen) atoms. The summed E-state index contributed by atoms with van der Waals surface area (Å²) in [7, 11) is 4.65. The van der Waals surface area contributed by atoms with E-state index >= 15 is 0 Å². The van der Waals surface area contributed by atoms with Crippen LogP contribution in [0, 0.1) is 0 Å². The van der Waals surface area contributed by atoms with E-state index in [-0.39, 0.29) is 0 Å². The Morgan fingerprint density at radius 1 is 1.03 bits per heavy atom. The molecular weight excluding hydrogens is 402 g/mol.